The van der Waals surface area contributed by atoms with Gasteiger partial charge in [-0.05, 0) is 43.3 Å². The van der Waals surface area contributed by atoms with Crippen molar-refractivity contribution in [3.05, 3.63) is 48.5 Å². The topological polar surface area (TPSA) is 100 Å². The number of alkyl halides is 3. The van der Waals surface area contributed by atoms with Gasteiger partial charge in [0.2, 0.25) is 5.75 Å². The lowest BCUT2D eigenvalue weighted by molar-refractivity contribution is -0.274. The first-order chi connectivity index (χ1) is 12.6. The van der Waals surface area contributed by atoms with Gasteiger partial charge in [-0.2, -0.15) is 0 Å². The number of hydrogen-bond acceptors (Lipinski definition) is 6. The van der Waals surface area contributed by atoms with Crippen molar-refractivity contribution in [2.24, 2.45) is 4.74 Å². The Balaban J connectivity index is 2.13. The van der Waals surface area contributed by atoms with Gasteiger partial charge in [-0.25, -0.2) is 4.79 Å². The Kier molecular flexibility index (Phi) is 6.59. The Hall–Kier alpha value is -2.84. The highest BCUT2D eigenvalue weighted by Crippen LogP contribution is 2.36. The molecule has 27 heavy (non-hydrogen) atoms. The second-order valence-electron chi connectivity index (χ2n) is 5.03. The van der Waals surface area contributed by atoms with Crippen LogP contribution in [0, 0.1) is 0 Å². The minimum absolute atomic E-state index is 0.0237. The third-order valence-electron chi connectivity index (χ3n) is 2.94. The number of benzene rings is 2. The van der Waals surface area contributed by atoms with Crippen LogP contribution in [0.15, 0.2) is 53.3 Å². The number of carbonyl (C=O) groups is 1. The van der Waals surface area contributed by atoms with E-state index in [1.807, 2.05) is 0 Å². The summed E-state index contributed by atoms with van der Waals surface area (Å²) in [6.07, 6.45) is -4.80. The monoisotopic (exact) mass is 403 g/mol. The van der Waals surface area contributed by atoms with E-state index < -0.39 is 32.3 Å². The molecule has 11 heteroatoms. The number of para-hydroxylation sites is 2. The van der Waals surface area contributed by atoms with E-state index in [2.05, 4.69) is 9.48 Å². The highest BCUT2D eigenvalue weighted by atomic mass is 31.1. The molecule has 0 aliphatic carbocycles. The highest BCUT2D eigenvalue weighted by Gasteiger charge is 2.31. The number of hydrogen-bond donors (Lipinski definition) is 1. The van der Waals surface area contributed by atoms with Crippen molar-refractivity contribution in [1.29, 1.82) is 0 Å². The average molecular weight is 403 g/mol. The molecule has 144 valence electrons. The fraction of sp³-hybridized carbons (Fsp3) is 0.188. The van der Waals surface area contributed by atoms with Crippen molar-refractivity contribution in [1.82, 2.24) is 0 Å². The van der Waals surface area contributed by atoms with Crippen molar-refractivity contribution in [2.45, 2.75) is 19.3 Å². The third-order valence-corrected chi connectivity index (χ3v) is 3.82. The van der Waals surface area contributed by atoms with Crippen molar-refractivity contribution >= 4 is 14.1 Å². The fourth-order valence-electron chi connectivity index (χ4n) is 1.74. The van der Waals surface area contributed by atoms with E-state index in [0.29, 0.717) is 0 Å². The molecule has 1 unspecified atom stereocenters. The largest absolute Gasteiger partial charge is 0.575 e. The fourth-order valence-corrected chi connectivity index (χ4v) is 2.49. The van der Waals surface area contributed by atoms with Crippen LogP contribution in [-0.2, 0) is 4.79 Å². The zero-order valence-corrected chi connectivity index (χ0v) is 14.6. The standard InChI is InChI=1S/C16H13F3NO6P/c1-10(15(21)22)20-27(23)26-14-5-3-2-4-13(14)24-11-6-8-12(9-7-11)25-16(17,18)19/h2-10H,1H3,(H,21,22)/t10-/m0/s1. The van der Waals surface area contributed by atoms with Crippen LogP contribution >= 0.6 is 8.17 Å². The van der Waals surface area contributed by atoms with Crippen LogP contribution in [0.1, 0.15) is 6.92 Å². The smallest absolute Gasteiger partial charge is 0.573 e. The van der Waals surface area contributed by atoms with Gasteiger partial charge in [0.25, 0.3) is 0 Å². The predicted molar refractivity (Wildman–Crippen MR) is 86.7 cm³/mol. The summed E-state index contributed by atoms with van der Waals surface area (Å²) in [4.78, 5) is 22.6. The molecule has 1 N–H and O–H groups in total. The summed E-state index contributed by atoms with van der Waals surface area (Å²) in [5.41, 5.74) is 0. The second-order valence-corrected chi connectivity index (χ2v) is 5.92. The minimum Gasteiger partial charge on any atom is -0.575 e. The molecule has 0 aliphatic rings. The summed E-state index contributed by atoms with van der Waals surface area (Å²) in [5.74, 6) is -1.36. The lowest BCUT2D eigenvalue weighted by Crippen LogP contribution is -2.16. The molecule has 0 saturated carbocycles. The normalized spacial score (nSPS) is 13.0. The summed E-state index contributed by atoms with van der Waals surface area (Å²) in [6.45, 7) is 1.24. The first-order valence-corrected chi connectivity index (χ1v) is 8.48. The molecule has 0 spiro atoms. The van der Waals surface area contributed by atoms with Gasteiger partial charge in [-0.15, -0.1) is 13.2 Å². The number of carboxylic acids is 1. The van der Waals surface area contributed by atoms with Crippen LogP contribution in [0.2, 0.25) is 0 Å². The maximum absolute atomic E-state index is 12.2. The zero-order chi connectivity index (χ0) is 20.0. The van der Waals surface area contributed by atoms with Gasteiger partial charge in [0.15, 0.2) is 11.8 Å². The molecule has 0 saturated heterocycles. The molecule has 2 rings (SSSR count). The van der Waals surface area contributed by atoms with E-state index >= 15 is 0 Å². The number of halogens is 3. The van der Waals surface area contributed by atoms with Gasteiger partial charge in [-0.3, -0.25) is 4.52 Å². The Morgan fingerprint density at radius 3 is 2.22 bits per heavy atom. The van der Waals surface area contributed by atoms with Gasteiger partial charge < -0.3 is 19.5 Å². The molecule has 2 atom stereocenters. The van der Waals surface area contributed by atoms with Gasteiger partial charge in [0.1, 0.15) is 11.5 Å². The molecular formula is C16H13F3NO6P. The summed E-state index contributed by atoms with van der Waals surface area (Å²) in [5, 5.41) is 8.76. The number of ether oxygens (including phenoxy) is 2. The molecule has 0 aliphatic heterocycles. The Morgan fingerprint density at radius 2 is 1.67 bits per heavy atom. The van der Waals surface area contributed by atoms with E-state index in [-0.39, 0.29) is 17.2 Å². The molecule has 0 bridgehead atoms. The van der Waals surface area contributed by atoms with Crippen LogP contribution in [0.3, 0.4) is 0 Å². The summed E-state index contributed by atoms with van der Waals surface area (Å²) < 4.78 is 54.3. The molecule has 0 amide bonds. The van der Waals surface area contributed by atoms with E-state index in [9.17, 15) is 22.9 Å². The average Bonchev–Trinajstić information content (AvgIpc) is 2.57. The molecule has 0 aromatic heterocycles. The first-order valence-electron chi connectivity index (χ1n) is 7.35. The molecule has 0 heterocycles. The second kappa shape index (κ2) is 8.70. The van der Waals surface area contributed by atoms with Gasteiger partial charge in [0.05, 0.1) is 0 Å². The number of aliphatic carboxylic acids is 1. The summed E-state index contributed by atoms with van der Waals surface area (Å²) >= 11 is 0. The summed E-state index contributed by atoms with van der Waals surface area (Å²) in [6, 6.07) is 9.45. The SMILES string of the molecule is C[C@H](N=[P+]([O-])Oc1ccccc1Oc1ccc(OC(F)(F)F)cc1)C(=O)O. The first kappa shape index (κ1) is 20.5. The Bertz CT molecular complexity index is 826. The van der Waals surface area contributed by atoms with Gasteiger partial charge in [0, 0.05) is 0 Å². The van der Waals surface area contributed by atoms with Crippen LogP contribution < -0.4 is 18.9 Å². The van der Waals surface area contributed by atoms with Crippen molar-refractivity contribution < 1.29 is 42.0 Å². The lowest BCUT2D eigenvalue weighted by atomic mass is 10.3. The minimum atomic E-state index is -4.80. The maximum Gasteiger partial charge on any atom is 0.573 e. The summed E-state index contributed by atoms with van der Waals surface area (Å²) in [7, 11) is -2.67. The molecule has 0 radical (unpaired) electrons. The van der Waals surface area contributed by atoms with E-state index in [1.165, 1.54) is 31.2 Å². The number of nitrogens with zero attached hydrogens (tertiary/aromatic N) is 1. The Morgan fingerprint density at radius 1 is 1.11 bits per heavy atom. The third kappa shape index (κ3) is 6.76. The van der Waals surface area contributed by atoms with E-state index in [0.717, 1.165) is 12.1 Å². The van der Waals surface area contributed by atoms with Crippen molar-refractivity contribution in [2.75, 3.05) is 0 Å². The van der Waals surface area contributed by atoms with E-state index in [4.69, 9.17) is 14.4 Å². The Labute approximate surface area is 152 Å². The van der Waals surface area contributed by atoms with Crippen LogP contribution in [-0.4, -0.2) is 23.5 Å². The zero-order valence-electron chi connectivity index (χ0n) is 13.7. The number of carboxylic acid groups (broad SMARTS) is 1. The molecule has 7 nitrogen and oxygen atoms in total. The maximum atomic E-state index is 12.2. The molecule has 0 fully saturated rings. The van der Waals surface area contributed by atoms with Crippen LogP contribution in [0.4, 0.5) is 13.2 Å². The quantitative estimate of drug-likeness (QED) is 0.699. The molecular weight excluding hydrogens is 390 g/mol. The van der Waals surface area contributed by atoms with Crippen molar-refractivity contribution in [3.8, 4) is 23.0 Å². The molecule has 2 aromatic carbocycles. The lowest BCUT2D eigenvalue weighted by Gasteiger charge is -2.11. The van der Waals surface area contributed by atoms with Crippen LogP contribution in [0.5, 0.6) is 23.0 Å². The molecule has 2 aromatic rings. The van der Waals surface area contributed by atoms with Crippen LogP contribution in [0.25, 0.3) is 0 Å². The highest BCUT2D eigenvalue weighted by molar-refractivity contribution is 7.34. The van der Waals surface area contributed by atoms with E-state index in [1.54, 1.807) is 12.1 Å². The van der Waals surface area contributed by atoms with Gasteiger partial charge in [-0.1, -0.05) is 16.9 Å². The van der Waals surface area contributed by atoms with Crippen molar-refractivity contribution in [3.63, 3.8) is 0 Å². The predicted octanol–water partition coefficient (Wildman–Crippen LogP) is 4.09. The number of rotatable bonds is 7. The van der Waals surface area contributed by atoms with Gasteiger partial charge >= 0.3 is 20.5 Å².